The fourth-order valence-corrected chi connectivity index (χ4v) is 4.47. The number of carbonyl (C=O) groups excluding carboxylic acids is 2. The minimum atomic E-state index is -3.14. The molecule has 1 atom stereocenters. The number of hydrogen-bond acceptors (Lipinski definition) is 7. The molecule has 0 aliphatic carbocycles. The van der Waals surface area contributed by atoms with Gasteiger partial charge in [0, 0.05) is 25.2 Å². The number of ether oxygens (including phenoxy) is 1. The zero-order valence-electron chi connectivity index (χ0n) is 17.2. The van der Waals surface area contributed by atoms with E-state index in [0.29, 0.717) is 11.3 Å². The first kappa shape index (κ1) is 23.6. The lowest BCUT2D eigenvalue weighted by atomic mass is 10.1. The van der Waals surface area contributed by atoms with Gasteiger partial charge < -0.3 is 10.1 Å². The van der Waals surface area contributed by atoms with Crippen LogP contribution in [0.15, 0.2) is 48.5 Å². The number of benzene rings is 2. The zero-order valence-corrected chi connectivity index (χ0v) is 18.0. The number of carbonyl (C=O) groups is 2. The first-order valence-corrected chi connectivity index (χ1v) is 11.7. The molecule has 0 aromatic heterocycles. The molecule has 1 fully saturated rings. The van der Waals surface area contributed by atoms with E-state index in [1.165, 1.54) is 12.1 Å². The Bertz CT molecular complexity index is 1030. The third-order valence-electron chi connectivity index (χ3n) is 5.12. The van der Waals surface area contributed by atoms with Gasteiger partial charge in [-0.25, -0.2) is 18.3 Å². The average Bonchev–Trinajstić information content (AvgIpc) is 2.79. The van der Waals surface area contributed by atoms with E-state index < -0.39 is 27.7 Å². The van der Waals surface area contributed by atoms with Gasteiger partial charge in [-0.3, -0.25) is 19.7 Å². The lowest BCUT2D eigenvalue weighted by molar-refractivity contribution is -0.134. The monoisotopic (exact) mass is 465 g/mol. The number of sulfone groups is 1. The van der Waals surface area contributed by atoms with Crippen LogP contribution in [0.25, 0.3) is 0 Å². The van der Waals surface area contributed by atoms with Crippen molar-refractivity contribution in [3.8, 4) is 5.75 Å². The summed E-state index contributed by atoms with van der Waals surface area (Å²) >= 11 is 0. The minimum absolute atomic E-state index is 0.0878. The van der Waals surface area contributed by atoms with Crippen molar-refractivity contribution in [1.82, 2.24) is 15.7 Å². The Hall–Kier alpha value is -3.02. The van der Waals surface area contributed by atoms with Crippen molar-refractivity contribution in [3.05, 3.63) is 65.5 Å². The van der Waals surface area contributed by atoms with Crippen LogP contribution in [0.3, 0.4) is 0 Å². The highest BCUT2D eigenvalue weighted by Crippen LogP contribution is 2.15. The van der Waals surface area contributed by atoms with Gasteiger partial charge in [0.2, 0.25) is 0 Å². The minimum Gasteiger partial charge on any atom is -0.489 e. The second kappa shape index (κ2) is 10.5. The third-order valence-corrected chi connectivity index (χ3v) is 6.73. The lowest BCUT2D eigenvalue weighted by Gasteiger charge is -2.32. The number of nitrogens with one attached hydrogen (secondary N) is 2. The second-order valence-electron chi connectivity index (χ2n) is 7.33. The van der Waals surface area contributed by atoms with Gasteiger partial charge in [-0.05, 0) is 42.0 Å². The molecule has 11 heteroatoms. The van der Waals surface area contributed by atoms with Crippen LogP contribution in [0, 0.1) is 5.82 Å². The van der Waals surface area contributed by atoms with Crippen LogP contribution in [-0.2, 0) is 21.2 Å². The van der Waals surface area contributed by atoms with Crippen molar-refractivity contribution in [1.29, 1.82) is 0 Å². The van der Waals surface area contributed by atoms with E-state index in [2.05, 4.69) is 5.32 Å². The first-order chi connectivity index (χ1) is 15.3. The molecule has 1 aliphatic rings. The molecular formula is C21H24FN3O6S. The van der Waals surface area contributed by atoms with Crippen LogP contribution in [0.4, 0.5) is 4.39 Å². The molecule has 0 saturated carbocycles. The van der Waals surface area contributed by atoms with E-state index in [-0.39, 0.29) is 43.6 Å². The normalized spacial score (nSPS) is 16.7. The molecule has 0 radical (unpaired) electrons. The summed E-state index contributed by atoms with van der Waals surface area (Å²) in [7, 11) is -3.14. The Labute approximate surface area is 185 Å². The van der Waals surface area contributed by atoms with Crippen molar-refractivity contribution in [2.24, 2.45) is 0 Å². The molecule has 1 saturated heterocycles. The zero-order chi connectivity index (χ0) is 23.1. The van der Waals surface area contributed by atoms with Gasteiger partial charge in [-0.2, -0.15) is 0 Å². The van der Waals surface area contributed by atoms with Gasteiger partial charge >= 0.3 is 0 Å². The summed E-state index contributed by atoms with van der Waals surface area (Å²) in [5.41, 5.74) is 2.70. The van der Waals surface area contributed by atoms with Crippen molar-refractivity contribution < 1.29 is 32.3 Å². The Morgan fingerprint density at radius 3 is 2.28 bits per heavy atom. The van der Waals surface area contributed by atoms with E-state index in [1.807, 2.05) is 0 Å². The smallest absolute Gasteiger partial charge is 0.262 e. The van der Waals surface area contributed by atoms with E-state index in [4.69, 9.17) is 9.94 Å². The van der Waals surface area contributed by atoms with Gasteiger partial charge in [0.25, 0.3) is 11.8 Å². The number of amides is 2. The molecule has 2 aromatic rings. The van der Waals surface area contributed by atoms with Crippen LogP contribution in [-0.4, -0.2) is 67.5 Å². The average molecular weight is 466 g/mol. The van der Waals surface area contributed by atoms with Gasteiger partial charge in [-0.15, -0.1) is 0 Å². The Kier molecular flexibility index (Phi) is 7.78. The molecule has 3 rings (SSSR count). The molecule has 1 aliphatic heterocycles. The highest BCUT2D eigenvalue weighted by Gasteiger charge is 2.31. The van der Waals surface area contributed by atoms with E-state index in [9.17, 15) is 22.4 Å². The van der Waals surface area contributed by atoms with E-state index >= 15 is 0 Å². The maximum absolute atomic E-state index is 12.9. The van der Waals surface area contributed by atoms with Crippen LogP contribution in [0.1, 0.15) is 15.9 Å². The molecule has 32 heavy (non-hydrogen) atoms. The standard InChI is InChI=1S/C21H24FN3O6S/c22-17-5-1-15(2-6-17)14-31-18-7-3-16(4-8-18)20(26)23-13-19(21(27)24-28)25-9-11-32(29,30)12-10-25/h1-8,19,28H,9-14H2,(H,23,26)(H,24,27)/t19-/m0/s1. The lowest BCUT2D eigenvalue weighted by Crippen LogP contribution is -2.56. The van der Waals surface area contributed by atoms with Crippen molar-refractivity contribution >= 4 is 21.7 Å². The van der Waals surface area contributed by atoms with Crippen molar-refractivity contribution in [2.45, 2.75) is 12.6 Å². The van der Waals surface area contributed by atoms with Crippen LogP contribution in [0.2, 0.25) is 0 Å². The van der Waals surface area contributed by atoms with E-state index in [1.54, 1.807) is 46.8 Å². The summed E-state index contributed by atoms with van der Waals surface area (Å²) in [6.07, 6.45) is 0. The third kappa shape index (κ3) is 6.49. The van der Waals surface area contributed by atoms with Crippen LogP contribution in [0.5, 0.6) is 5.75 Å². The molecule has 0 bridgehead atoms. The number of halogens is 1. The van der Waals surface area contributed by atoms with Gasteiger partial charge in [0.15, 0.2) is 9.84 Å². The van der Waals surface area contributed by atoms with Gasteiger partial charge in [0.1, 0.15) is 24.2 Å². The predicted octanol–water partition coefficient (Wildman–Crippen LogP) is 0.739. The number of hydrogen-bond donors (Lipinski definition) is 3. The predicted molar refractivity (Wildman–Crippen MR) is 113 cm³/mol. The number of nitrogens with zero attached hydrogens (tertiary/aromatic N) is 1. The number of hydroxylamine groups is 1. The van der Waals surface area contributed by atoms with Crippen molar-refractivity contribution in [2.75, 3.05) is 31.1 Å². The summed E-state index contributed by atoms with van der Waals surface area (Å²) in [5, 5.41) is 11.6. The highest BCUT2D eigenvalue weighted by molar-refractivity contribution is 7.91. The Balaban J connectivity index is 1.54. The fourth-order valence-electron chi connectivity index (χ4n) is 3.24. The van der Waals surface area contributed by atoms with Crippen LogP contribution >= 0.6 is 0 Å². The molecule has 0 spiro atoms. The summed E-state index contributed by atoms with van der Waals surface area (Å²) in [6, 6.07) is 11.4. The molecule has 2 aromatic carbocycles. The van der Waals surface area contributed by atoms with E-state index in [0.717, 1.165) is 5.56 Å². The summed E-state index contributed by atoms with van der Waals surface area (Å²) in [5.74, 6) is -1.14. The topological polar surface area (TPSA) is 125 Å². The summed E-state index contributed by atoms with van der Waals surface area (Å²) in [6.45, 7) is 0.413. The summed E-state index contributed by atoms with van der Waals surface area (Å²) in [4.78, 5) is 26.1. The molecular weight excluding hydrogens is 441 g/mol. The summed E-state index contributed by atoms with van der Waals surface area (Å²) < 4.78 is 41.8. The molecule has 9 nitrogen and oxygen atoms in total. The molecule has 3 N–H and O–H groups in total. The number of rotatable bonds is 8. The van der Waals surface area contributed by atoms with Gasteiger partial charge in [-0.1, -0.05) is 12.1 Å². The quantitative estimate of drug-likeness (QED) is 0.388. The second-order valence-corrected chi connectivity index (χ2v) is 9.63. The molecule has 2 amide bonds. The molecule has 0 unspecified atom stereocenters. The highest BCUT2D eigenvalue weighted by atomic mass is 32.2. The van der Waals surface area contributed by atoms with Crippen molar-refractivity contribution in [3.63, 3.8) is 0 Å². The maximum atomic E-state index is 12.9. The SMILES string of the molecule is O=C(NC[C@@H](C(=O)NO)N1CCS(=O)(=O)CC1)c1ccc(OCc2ccc(F)cc2)cc1. The largest absolute Gasteiger partial charge is 0.489 e. The van der Waals surface area contributed by atoms with Gasteiger partial charge in [0.05, 0.1) is 11.5 Å². The molecule has 1 heterocycles. The maximum Gasteiger partial charge on any atom is 0.262 e. The molecule has 172 valence electrons. The first-order valence-electron chi connectivity index (χ1n) is 9.91. The fraction of sp³-hybridized carbons (Fsp3) is 0.333. The Morgan fingerprint density at radius 1 is 1.06 bits per heavy atom. The Morgan fingerprint density at radius 2 is 1.69 bits per heavy atom. The van der Waals surface area contributed by atoms with Crippen LogP contribution < -0.4 is 15.5 Å².